The minimum absolute atomic E-state index is 0.00780. The zero-order valence-corrected chi connectivity index (χ0v) is 15.6. The highest BCUT2D eigenvalue weighted by molar-refractivity contribution is 7.22. The first-order chi connectivity index (χ1) is 12.7. The van der Waals surface area contributed by atoms with Gasteiger partial charge < -0.3 is 15.1 Å². The van der Waals surface area contributed by atoms with Crippen LogP contribution in [0.4, 0.5) is 9.93 Å². The van der Waals surface area contributed by atoms with Crippen molar-refractivity contribution in [1.82, 2.24) is 15.2 Å². The number of amides is 2. The Morgan fingerprint density at radius 1 is 1.12 bits per heavy atom. The largest absolute Gasteiger partial charge is 0.345 e. The molecule has 1 aliphatic heterocycles. The van der Waals surface area contributed by atoms with Crippen molar-refractivity contribution in [2.45, 2.75) is 13.5 Å². The summed E-state index contributed by atoms with van der Waals surface area (Å²) in [7, 11) is 0. The summed E-state index contributed by atoms with van der Waals surface area (Å²) < 4.78 is 1.23. The van der Waals surface area contributed by atoms with Gasteiger partial charge in [0.25, 0.3) is 0 Å². The van der Waals surface area contributed by atoms with Crippen molar-refractivity contribution in [3.63, 3.8) is 0 Å². The molecule has 1 saturated heterocycles. The molecule has 1 fully saturated rings. The molecule has 2 amide bonds. The van der Waals surface area contributed by atoms with Crippen LogP contribution in [0.2, 0.25) is 0 Å². The SMILES string of the molecule is Cc1ccc2nc(N3CCN(C(=O)NCc4ccccc4)CC3)sc2c1. The number of aryl methyl sites for hydroxylation is 1. The van der Waals surface area contributed by atoms with Crippen LogP contribution in [0, 0.1) is 6.92 Å². The predicted molar refractivity (Wildman–Crippen MR) is 107 cm³/mol. The van der Waals surface area contributed by atoms with E-state index in [4.69, 9.17) is 4.98 Å². The van der Waals surface area contributed by atoms with E-state index in [0.717, 1.165) is 42.4 Å². The zero-order chi connectivity index (χ0) is 17.9. The van der Waals surface area contributed by atoms with Gasteiger partial charge in [0.15, 0.2) is 5.13 Å². The van der Waals surface area contributed by atoms with E-state index in [2.05, 4.69) is 35.3 Å². The Labute approximate surface area is 157 Å². The monoisotopic (exact) mass is 366 g/mol. The molecule has 5 nitrogen and oxygen atoms in total. The molecule has 3 aromatic rings. The molecular formula is C20H22N4OS. The van der Waals surface area contributed by atoms with Gasteiger partial charge in [-0.3, -0.25) is 0 Å². The van der Waals surface area contributed by atoms with Crippen molar-refractivity contribution in [3.05, 3.63) is 59.7 Å². The van der Waals surface area contributed by atoms with Crippen LogP contribution in [-0.2, 0) is 6.54 Å². The van der Waals surface area contributed by atoms with Gasteiger partial charge in [-0.1, -0.05) is 47.7 Å². The Balaban J connectivity index is 1.33. The van der Waals surface area contributed by atoms with Crippen molar-refractivity contribution in [1.29, 1.82) is 0 Å². The van der Waals surface area contributed by atoms with E-state index >= 15 is 0 Å². The average molecular weight is 366 g/mol. The number of anilines is 1. The predicted octanol–water partition coefficient (Wildman–Crippen LogP) is 3.64. The fourth-order valence-electron chi connectivity index (χ4n) is 3.14. The number of nitrogens with zero attached hydrogens (tertiary/aromatic N) is 3. The Hall–Kier alpha value is -2.60. The van der Waals surface area contributed by atoms with Crippen molar-refractivity contribution in [3.8, 4) is 0 Å². The van der Waals surface area contributed by atoms with Gasteiger partial charge in [-0.15, -0.1) is 0 Å². The topological polar surface area (TPSA) is 48.5 Å². The number of piperazine rings is 1. The molecule has 6 heteroatoms. The number of benzene rings is 2. The number of thiazole rings is 1. The smallest absolute Gasteiger partial charge is 0.317 e. The molecule has 1 aliphatic rings. The summed E-state index contributed by atoms with van der Waals surface area (Å²) in [5.41, 5.74) is 3.43. The quantitative estimate of drug-likeness (QED) is 0.770. The number of fused-ring (bicyclic) bond motifs is 1. The fraction of sp³-hybridized carbons (Fsp3) is 0.300. The first-order valence-electron chi connectivity index (χ1n) is 8.88. The van der Waals surface area contributed by atoms with Gasteiger partial charge in [0.1, 0.15) is 0 Å². The lowest BCUT2D eigenvalue weighted by Crippen LogP contribution is -2.51. The number of aromatic nitrogens is 1. The van der Waals surface area contributed by atoms with Gasteiger partial charge in [0.05, 0.1) is 10.2 Å². The lowest BCUT2D eigenvalue weighted by molar-refractivity contribution is 0.194. The third-order valence-electron chi connectivity index (χ3n) is 4.66. The molecule has 26 heavy (non-hydrogen) atoms. The molecule has 0 spiro atoms. The van der Waals surface area contributed by atoms with E-state index in [1.807, 2.05) is 35.2 Å². The van der Waals surface area contributed by atoms with E-state index in [1.165, 1.54) is 10.3 Å². The van der Waals surface area contributed by atoms with Crippen LogP contribution >= 0.6 is 11.3 Å². The summed E-state index contributed by atoms with van der Waals surface area (Å²) >= 11 is 1.73. The van der Waals surface area contributed by atoms with Gasteiger partial charge in [-0.2, -0.15) is 0 Å². The second kappa shape index (κ2) is 7.33. The summed E-state index contributed by atoms with van der Waals surface area (Å²) in [5.74, 6) is 0. The van der Waals surface area contributed by atoms with Crippen molar-refractivity contribution in [2.24, 2.45) is 0 Å². The molecule has 2 heterocycles. The highest BCUT2D eigenvalue weighted by atomic mass is 32.1. The van der Waals surface area contributed by atoms with Crippen molar-refractivity contribution < 1.29 is 4.79 Å². The molecule has 4 rings (SSSR count). The maximum Gasteiger partial charge on any atom is 0.317 e. The maximum absolute atomic E-state index is 12.4. The Morgan fingerprint density at radius 3 is 2.65 bits per heavy atom. The number of carbonyl (C=O) groups is 1. The summed E-state index contributed by atoms with van der Waals surface area (Å²) in [4.78, 5) is 21.3. The standard InChI is InChI=1S/C20H22N4OS/c1-15-7-8-17-18(13-15)26-20(22-17)24-11-9-23(10-12-24)19(25)21-14-16-5-3-2-4-6-16/h2-8,13H,9-12,14H2,1H3,(H,21,25). The summed E-state index contributed by atoms with van der Waals surface area (Å²) in [5, 5.41) is 4.06. The lowest BCUT2D eigenvalue weighted by Gasteiger charge is -2.34. The minimum atomic E-state index is 0.00780. The van der Waals surface area contributed by atoms with Gasteiger partial charge in [0, 0.05) is 32.7 Å². The minimum Gasteiger partial charge on any atom is -0.345 e. The van der Waals surface area contributed by atoms with Crippen molar-refractivity contribution >= 4 is 32.7 Å². The number of urea groups is 1. The average Bonchev–Trinajstić information content (AvgIpc) is 3.10. The second-order valence-corrected chi connectivity index (χ2v) is 7.60. The molecular weight excluding hydrogens is 344 g/mol. The normalized spacial score (nSPS) is 14.7. The number of carbonyl (C=O) groups excluding carboxylic acids is 1. The fourth-order valence-corrected chi connectivity index (χ4v) is 4.26. The van der Waals surface area contributed by atoms with Gasteiger partial charge >= 0.3 is 6.03 Å². The van der Waals surface area contributed by atoms with Crippen molar-refractivity contribution in [2.75, 3.05) is 31.1 Å². The molecule has 0 aliphatic carbocycles. The van der Waals surface area contributed by atoms with E-state index in [9.17, 15) is 4.79 Å². The van der Waals surface area contributed by atoms with Gasteiger partial charge in [-0.05, 0) is 30.2 Å². The number of hydrogen-bond acceptors (Lipinski definition) is 4. The molecule has 1 N–H and O–H groups in total. The summed E-state index contributed by atoms with van der Waals surface area (Å²) in [6, 6.07) is 16.4. The highest BCUT2D eigenvalue weighted by Gasteiger charge is 2.22. The van der Waals surface area contributed by atoms with Crippen LogP contribution in [0.15, 0.2) is 48.5 Å². The second-order valence-electron chi connectivity index (χ2n) is 6.59. The van der Waals surface area contributed by atoms with Crippen LogP contribution in [0.25, 0.3) is 10.2 Å². The lowest BCUT2D eigenvalue weighted by atomic mass is 10.2. The molecule has 0 unspecified atom stereocenters. The zero-order valence-electron chi connectivity index (χ0n) is 14.8. The molecule has 0 radical (unpaired) electrons. The first kappa shape index (κ1) is 16.8. The first-order valence-corrected chi connectivity index (χ1v) is 9.69. The van der Waals surface area contributed by atoms with Gasteiger partial charge in [0.2, 0.25) is 0 Å². The van der Waals surface area contributed by atoms with E-state index in [0.29, 0.717) is 6.54 Å². The Kier molecular flexibility index (Phi) is 4.75. The Bertz CT molecular complexity index is 901. The van der Waals surface area contributed by atoms with E-state index in [-0.39, 0.29) is 6.03 Å². The third kappa shape index (κ3) is 3.65. The van der Waals surface area contributed by atoms with Crippen LogP contribution in [0.1, 0.15) is 11.1 Å². The third-order valence-corrected chi connectivity index (χ3v) is 5.74. The molecule has 134 valence electrons. The molecule has 2 aromatic carbocycles. The van der Waals surface area contributed by atoms with E-state index < -0.39 is 0 Å². The highest BCUT2D eigenvalue weighted by Crippen LogP contribution is 2.30. The number of hydrogen-bond donors (Lipinski definition) is 1. The summed E-state index contributed by atoms with van der Waals surface area (Å²) in [6.45, 7) is 5.74. The number of nitrogens with one attached hydrogen (secondary N) is 1. The van der Waals surface area contributed by atoms with Crippen LogP contribution in [0.3, 0.4) is 0 Å². The Morgan fingerprint density at radius 2 is 1.88 bits per heavy atom. The number of rotatable bonds is 3. The molecule has 1 aromatic heterocycles. The van der Waals surface area contributed by atoms with Gasteiger partial charge in [-0.25, -0.2) is 9.78 Å². The van der Waals surface area contributed by atoms with Crippen LogP contribution in [-0.4, -0.2) is 42.1 Å². The maximum atomic E-state index is 12.4. The molecule has 0 atom stereocenters. The molecule has 0 bridgehead atoms. The van der Waals surface area contributed by atoms with Crippen LogP contribution < -0.4 is 10.2 Å². The summed E-state index contributed by atoms with van der Waals surface area (Å²) in [6.07, 6.45) is 0. The van der Waals surface area contributed by atoms with E-state index in [1.54, 1.807) is 11.3 Å². The molecule has 0 saturated carbocycles. The van der Waals surface area contributed by atoms with Crippen LogP contribution in [0.5, 0.6) is 0 Å².